The molecule has 1 heterocycles. The Balaban J connectivity index is 2.33. The van der Waals surface area contributed by atoms with E-state index in [9.17, 15) is 12.8 Å². The molecule has 0 bridgehead atoms. The van der Waals surface area contributed by atoms with Crippen molar-refractivity contribution in [2.24, 2.45) is 0 Å². The van der Waals surface area contributed by atoms with Gasteiger partial charge in [0, 0.05) is 0 Å². The molecule has 0 spiro atoms. The maximum Gasteiger partial charge on any atom is 0.265 e. The Kier molecular flexibility index (Phi) is 3.88. The Morgan fingerprint density at radius 1 is 1.16 bits per heavy atom. The van der Waals surface area contributed by atoms with Crippen LogP contribution < -0.4 is 4.72 Å². The lowest BCUT2D eigenvalue weighted by molar-refractivity contribution is 0.600. The molecule has 0 aliphatic rings. The monoisotopic (exact) mass is 321 g/mol. The van der Waals surface area contributed by atoms with Crippen LogP contribution in [0.5, 0.6) is 0 Å². The summed E-state index contributed by atoms with van der Waals surface area (Å²) in [5, 5.41) is -0.128. The number of rotatable bonds is 3. The number of anilines is 1. The van der Waals surface area contributed by atoms with Gasteiger partial charge in [-0.3, -0.25) is 4.72 Å². The lowest BCUT2D eigenvalue weighted by atomic mass is 10.3. The zero-order valence-corrected chi connectivity index (χ0v) is 11.5. The molecule has 5 nitrogen and oxygen atoms in total. The second-order valence-electron chi connectivity index (χ2n) is 3.42. The number of hydrogen-bond donors (Lipinski definition) is 1. The summed E-state index contributed by atoms with van der Waals surface area (Å²) in [4.78, 5) is 6.95. The molecule has 19 heavy (non-hydrogen) atoms. The number of nitrogens with zero attached hydrogens (tertiary/aromatic N) is 2. The molecule has 0 radical (unpaired) electrons. The lowest BCUT2D eigenvalue weighted by Gasteiger charge is -2.09. The Hall–Kier alpha value is -1.44. The van der Waals surface area contributed by atoms with Crippen molar-refractivity contribution < 1.29 is 12.8 Å². The molecule has 0 saturated heterocycles. The number of benzene rings is 1. The predicted molar refractivity (Wildman–Crippen MR) is 69.3 cm³/mol. The first-order chi connectivity index (χ1) is 8.88. The lowest BCUT2D eigenvalue weighted by Crippen LogP contribution is -2.14. The van der Waals surface area contributed by atoms with Crippen molar-refractivity contribution in [3.63, 3.8) is 0 Å². The predicted octanol–water partition coefficient (Wildman–Crippen LogP) is 2.72. The Morgan fingerprint density at radius 3 is 2.37 bits per heavy atom. The van der Waals surface area contributed by atoms with E-state index < -0.39 is 15.8 Å². The van der Waals surface area contributed by atoms with Crippen LogP contribution in [0.25, 0.3) is 0 Å². The molecule has 1 N–H and O–H groups in total. The molecule has 0 aliphatic carbocycles. The van der Waals surface area contributed by atoms with E-state index in [1.807, 2.05) is 0 Å². The van der Waals surface area contributed by atoms with E-state index in [-0.39, 0.29) is 20.9 Å². The first kappa shape index (κ1) is 14.0. The van der Waals surface area contributed by atoms with Crippen molar-refractivity contribution in [3.8, 4) is 0 Å². The van der Waals surface area contributed by atoms with Gasteiger partial charge in [-0.2, -0.15) is 0 Å². The van der Waals surface area contributed by atoms with E-state index in [2.05, 4.69) is 14.7 Å². The minimum atomic E-state index is -3.91. The average Bonchev–Trinajstić information content (AvgIpc) is 2.33. The highest BCUT2D eigenvalue weighted by Gasteiger charge is 2.17. The van der Waals surface area contributed by atoms with E-state index in [4.69, 9.17) is 23.2 Å². The van der Waals surface area contributed by atoms with Crippen LogP contribution in [-0.4, -0.2) is 18.4 Å². The van der Waals surface area contributed by atoms with Gasteiger partial charge in [0.2, 0.25) is 5.28 Å². The van der Waals surface area contributed by atoms with Crippen molar-refractivity contribution in [1.82, 2.24) is 9.97 Å². The molecule has 9 heteroatoms. The van der Waals surface area contributed by atoms with Crippen molar-refractivity contribution in [2.75, 3.05) is 4.72 Å². The Morgan fingerprint density at radius 2 is 1.79 bits per heavy atom. The van der Waals surface area contributed by atoms with Crippen LogP contribution in [0.15, 0.2) is 35.5 Å². The largest absolute Gasteiger partial charge is 0.278 e. The molecule has 1 aromatic carbocycles. The zero-order chi connectivity index (χ0) is 14.0. The molecule has 100 valence electrons. The van der Waals surface area contributed by atoms with Gasteiger partial charge in [-0.15, -0.1) is 0 Å². The summed E-state index contributed by atoms with van der Waals surface area (Å²) in [5.41, 5.74) is 0.0537. The van der Waals surface area contributed by atoms with Gasteiger partial charge >= 0.3 is 0 Å². The van der Waals surface area contributed by atoms with Crippen LogP contribution in [0.4, 0.5) is 10.1 Å². The Labute approximate surface area is 118 Å². The van der Waals surface area contributed by atoms with Gasteiger partial charge in [-0.25, -0.2) is 22.8 Å². The van der Waals surface area contributed by atoms with Gasteiger partial charge in [0.1, 0.15) is 10.7 Å². The third-order valence-electron chi connectivity index (χ3n) is 2.08. The first-order valence-corrected chi connectivity index (χ1v) is 7.08. The van der Waals surface area contributed by atoms with Crippen LogP contribution in [0, 0.1) is 5.82 Å². The number of halogens is 3. The number of nitrogens with one attached hydrogen (secondary N) is 1. The summed E-state index contributed by atoms with van der Waals surface area (Å²) in [7, 11) is -3.91. The van der Waals surface area contributed by atoms with Gasteiger partial charge in [0.15, 0.2) is 0 Å². The van der Waals surface area contributed by atoms with E-state index in [0.717, 1.165) is 24.5 Å². The molecule has 0 unspecified atom stereocenters. The van der Waals surface area contributed by atoms with E-state index in [0.29, 0.717) is 0 Å². The summed E-state index contributed by atoms with van der Waals surface area (Å²) in [6.07, 6.45) is 2.10. The second-order valence-corrected chi connectivity index (χ2v) is 5.85. The highest BCUT2D eigenvalue weighted by atomic mass is 35.5. The fourth-order valence-corrected chi connectivity index (χ4v) is 2.55. The van der Waals surface area contributed by atoms with Gasteiger partial charge in [-0.05, 0) is 29.8 Å². The zero-order valence-electron chi connectivity index (χ0n) is 9.14. The third kappa shape index (κ3) is 3.31. The molecular weight excluding hydrogens is 316 g/mol. The highest BCUT2D eigenvalue weighted by Crippen LogP contribution is 2.25. The molecule has 0 fully saturated rings. The van der Waals surface area contributed by atoms with Crippen molar-refractivity contribution in [1.29, 1.82) is 0 Å². The van der Waals surface area contributed by atoms with Gasteiger partial charge in [0.05, 0.1) is 23.1 Å². The molecule has 0 aliphatic heterocycles. The SMILES string of the molecule is O=S(=O)(Nc1ccc(F)cc1Cl)c1cnc(Cl)nc1. The molecule has 0 atom stereocenters. The second kappa shape index (κ2) is 5.28. The summed E-state index contributed by atoms with van der Waals surface area (Å²) in [6, 6.07) is 3.30. The molecule has 2 aromatic rings. The van der Waals surface area contributed by atoms with Crippen LogP contribution in [0.3, 0.4) is 0 Å². The topological polar surface area (TPSA) is 72.0 Å². The normalized spacial score (nSPS) is 11.3. The highest BCUT2D eigenvalue weighted by molar-refractivity contribution is 7.92. The van der Waals surface area contributed by atoms with E-state index in [1.165, 1.54) is 6.07 Å². The van der Waals surface area contributed by atoms with Crippen molar-refractivity contribution >= 4 is 38.9 Å². The maximum absolute atomic E-state index is 12.9. The minimum Gasteiger partial charge on any atom is -0.278 e. The van der Waals surface area contributed by atoms with Crippen LogP contribution in [-0.2, 0) is 10.0 Å². The maximum atomic E-state index is 12.9. The summed E-state index contributed by atoms with van der Waals surface area (Å²) in [6.45, 7) is 0. The van der Waals surface area contributed by atoms with Gasteiger partial charge < -0.3 is 0 Å². The number of hydrogen-bond acceptors (Lipinski definition) is 4. The summed E-state index contributed by atoms with van der Waals surface area (Å²) >= 11 is 11.2. The minimum absolute atomic E-state index is 0.0537. The molecular formula is C10H6Cl2FN3O2S. The summed E-state index contributed by atoms with van der Waals surface area (Å²) in [5.74, 6) is -0.567. The van der Waals surface area contributed by atoms with Crippen LogP contribution in [0.1, 0.15) is 0 Å². The van der Waals surface area contributed by atoms with Gasteiger partial charge in [-0.1, -0.05) is 11.6 Å². The molecule has 1 aromatic heterocycles. The third-order valence-corrected chi connectivity index (χ3v) is 3.91. The van der Waals surface area contributed by atoms with Crippen molar-refractivity contribution in [3.05, 3.63) is 46.7 Å². The van der Waals surface area contributed by atoms with Crippen LogP contribution >= 0.6 is 23.2 Å². The van der Waals surface area contributed by atoms with E-state index >= 15 is 0 Å². The number of aromatic nitrogens is 2. The fourth-order valence-electron chi connectivity index (χ4n) is 1.22. The average molecular weight is 322 g/mol. The quantitative estimate of drug-likeness (QED) is 0.882. The standard InChI is InChI=1S/C10H6Cl2FN3O2S/c11-8-3-6(13)1-2-9(8)16-19(17,18)7-4-14-10(12)15-5-7/h1-5,16H. The Bertz CT molecular complexity index is 707. The first-order valence-electron chi connectivity index (χ1n) is 4.84. The number of sulfonamides is 1. The fraction of sp³-hybridized carbons (Fsp3) is 0. The van der Waals surface area contributed by atoms with E-state index in [1.54, 1.807) is 0 Å². The van der Waals surface area contributed by atoms with Crippen LogP contribution in [0.2, 0.25) is 10.3 Å². The molecule has 0 amide bonds. The van der Waals surface area contributed by atoms with Crippen molar-refractivity contribution in [2.45, 2.75) is 4.90 Å². The summed E-state index contributed by atoms with van der Waals surface area (Å²) < 4.78 is 39.0. The molecule has 2 rings (SSSR count). The smallest absolute Gasteiger partial charge is 0.265 e. The molecule has 0 saturated carbocycles. The van der Waals surface area contributed by atoms with Gasteiger partial charge in [0.25, 0.3) is 10.0 Å².